The predicted octanol–water partition coefficient (Wildman–Crippen LogP) is 1.95. The first-order valence-electron chi connectivity index (χ1n) is 10.3. The molecule has 2 aliphatic heterocycles. The third-order valence-electron chi connectivity index (χ3n) is 5.94. The standard InChI is InChI=1S/C22H30N4O3/c1-3-22(4-2)20(28)26(21(29)23-22)17-19(27)25-15-13-24(14-16-25)12-8-11-18-9-6-5-7-10-18/h5-11H,3-4,12-17H2,1-2H3,(H,23,29)/b11-8+. The lowest BCUT2D eigenvalue weighted by molar-refractivity contribution is -0.140. The molecule has 0 saturated carbocycles. The molecular weight excluding hydrogens is 368 g/mol. The number of nitrogens with zero attached hydrogens (tertiary/aromatic N) is 3. The minimum absolute atomic E-state index is 0.170. The van der Waals surface area contributed by atoms with Crippen LogP contribution in [0.2, 0.25) is 0 Å². The Balaban J connectivity index is 1.47. The highest BCUT2D eigenvalue weighted by atomic mass is 16.2. The summed E-state index contributed by atoms with van der Waals surface area (Å²) in [4.78, 5) is 42.7. The summed E-state index contributed by atoms with van der Waals surface area (Å²) in [6.45, 7) is 7.16. The molecule has 1 N–H and O–H groups in total. The van der Waals surface area contributed by atoms with Gasteiger partial charge in [0.15, 0.2) is 0 Å². The molecule has 4 amide bonds. The molecule has 2 aliphatic rings. The van der Waals surface area contributed by atoms with Gasteiger partial charge in [-0.1, -0.05) is 56.3 Å². The molecule has 0 atom stereocenters. The van der Waals surface area contributed by atoms with Crippen LogP contribution in [0, 0.1) is 0 Å². The van der Waals surface area contributed by atoms with E-state index in [9.17, 15) is 14.4 Å². The topological polar surface area (TPSA) is 73.0 Å². The molecule has 2 fully saturated rings. The number of piperazine rings is 1. The minimum atomic E-state index is -0.860. The molecule has 2 heterocycles. The smallest absolute Gasteiger partial charge is 0.325 e. The van der Waals surface area contributed by atoms with Gasteiger partial charge in [-0.15, -0.1) is 0 Å². The summed E-state index contributed by atoms with van der Waals surface area (Å²) < 4.78 is 0. The van der Waals surface area contributed by atoms with Crippen LogP contribution in [0.1, 0.15) is 32.3 Å². The van der Waals surface area contributed by atoms with Gasteiger partial charge in [0, 0.05) is 32.7 Å². The molecule has 156 valence electrons. The van der Waals surface area contributed by atoms with Gasteiger partial charge in [0.25, 0.3) is 5.91 Å². The monoisotopic (exact) mass is 398 g/mol. The maximum Gasteiger partial charge on any atom is 0.325 e. The van der Waals surface area contributed by atoms with Gasteiger partial charge in [-0.2, -0.15) is 0 Å². The van der Waals surface area contributed by atoms with E-state index in [2.05, 4.69) is 34.5 Å². The van der Waals surface area contributed by atoms with E-state index in [1.807, 2.05) is 32.0 Å². The quantitative estimate of drug-likeness (QED) is 0.713. The average Bonchev–Trinajstić information content (AvgIpc) is 2.99. The van der Waals surface area contributed by atoms with Crippen LogP contribution >= 0.6 is 0 Å². The van der Waals surface area contributed by atoms with Crippen molar-refractivity contribution in [1.29, 1.82) is 0 Å². The Morgan fingerprint density at radius 1 is 1.07 bits per heavy atom. The van der Waals surface area contributed by atoms with E-state index in [0.29, 0.717) is 25.9 Å². The number of carbonyl (C=O) groups is 3. The summed E-state index contributed by atoms with van der Waals surface area (Å²) >= 11 is 0. The van der Waals surface area contributed by atoms with Crippen molar-refractivity contribution in [3.8, 4) is 0 Å². The van der Waals surface area contributed by atoms with Crippen molar-refractivity contribution in [1.82, 2.24) is 20.0 Å². The van der Waals surface area contributed by atoms with E-state index < -0.39 is 11.6 Å². The van der Waals surface area contributed by atoms with Crippen molar-refractivity contribution in [2.24, 2.45) is 0 Å². The molecule has 2 saturated heterocycles. The highest BCUT2D eigenvalue weighted by molar-refractivity contribution is 6.09. The Morgan fingerprint density at radius 2 is 1.72 bits per heavy atom. The first-order chi connectivity index (χ1) is 14.0. The van der Waals surface area contributed by atoms with E-state index in [1.165, 1.54) is 5.56 Å². The number of rotatable bonds is 7. The zero-order valence-electron chi connectivity index (χ0n) is 17.3. The Hall–Kier alpha value is -2.67. The van der Waals surface area contributed by atoms with E-state index >= 15 is 0 Å². The number of nitrogens with one attached hydrogen (secondary N) is 1. The lowest BCUT2D eigenvalue weighted by atomic mass is 9.93. The van der Waals surface area contributed by atoms with E-state index in [0.717, 1.165) is 24.5 Å². The second kappa shape index (κ2) is 9.22. The van der Waals surface area contributed by atoms with Crippen molar-refractivity contribution in [2.45, 2.75) is 32.2 Å². The zero-order valence-corrected chi connectivity index (χ0v) is 17.3. The number of urea groups is 1. The zero-order chi connectivity index (χ0) is 20.9. The third kappa shape index (κ3) is 4.67. The highest BCUT2D eigenvalue weighted by Gasteiger charge is 2.49. The highest BCUT2D eigenvalue weighted by Crippen LogP contribution is 2.24. The molecular formula is C22H30N4O3. The molecule has 7 nitrogen and oxygen atoms in total. The van der Waals surface area contributed by atoms with Gasteiger partial charge < -0.3 is 10.2 Å². The van der Waals surface area contributed by atoms with E-state index in [-0.39, 0.29) is 18.4 Å². The maximum absolute atomic E-state index is 12.7. The number of imide groups is 1. The molecule has 7 heteroatoms. The summed E-state index contributed by atoms with van der Waals surface area (Å²) in [6.07, 6.45) is 5.28. The molecule has 0 unspecified atom stereocenters. The largest absolute Gasteiger partial charge is 0.339 e. The van der Waals surface area contributed by atoms with Crippen LogP contribution in [0.3, 0.4) is 0 Å². The molecule has 0 aliphatic carbocycles. The second-order valence-corrected chi connectivity index (χ2v) is 7.61. The Bertz CT molecular complexity index is 766. The molecule has 0 bridgehead atoms. The first kappa shape index (κ1) is 21.0. The average molecular weight is 399 g/mol. The fraction of sp³-hybridized carbons (Fsp3) is 0.500. The van der Waals surface area contributed by atoms with Crippen molar-refractivity contribution < 1.29 is 14.4 Å². The van der Waals surface area contributed by atoms with Gasteiger partial charge >= 0.3 is 6.03 Å². The van der Waals surface area contributed by atoms with Gasteiger partial charge in [-0.25, -0.2) is 4.79 Å². The fourth-order valence-electron chi connectivity index (χ4n) is 3.87. The van der Waals surface area contributed by atoms with E-state index in [4.69, 9.17) is 0 Å². The number of carbonyl (C=O) groups excluding carboxylic acids is 3. The summed E-state index contributed by atoms with van der Waals surface area (Å²) in [6, 6.07) is 9.69. The molecule has 0 radical (unpaired) electrons. The molecule has 1 aromatic carbocycles. The predicted molar refractivity (Wildman–Crippen MR) is 112 cm³/mol. The van der Waals surface area contributed by atoms with Crippen LogP contribution in [0.4, 0.5) is 4.79 Å². The summed E-state index contributed by atoms with van der Waals surface area (Å²) in [5, 5.41) is 2.77. The Labute approximate surface area is 172 Å². The number of hydrogen-bond donors (Lipinski definition) is 1. The van der Waals surface area contributed by atoms with Crippen molar-refractivity contribution >= 4 is 23.9 Å². The second-order valence-electron chi connectivity index (χ2n) is 7.61. The number of amides is 4. The van der Waals surface area contributed by atoms with Crippen LogP contribution in [0.5, 0.6) is 0 Å². The van der Waals surface area contributed by atoms with Gasteiger partial charge in [-0.3, -0.25) is 19.4 Å². The molecule has 29 heavy (non-hydrogen) atoms. The minimum Gasteiger partial charge on any atom is -0.339 e. The van der Waals surface area contributed by atoms with Gasteiger partial charge in [0.1, 0.15) is 12.1 Å². The molecule has 0 spiro atoms. The maximum atomic E-state index is 12.7. The van der Waals surface area contributed by atoms with Crippen LogP contribution in [-0.4, -0.2) is 77.4 Å². The molecule has 1 aromatic rings. The summed E-state index contributed by atoms with van der Waals surface area (Å²) in [5.74, 6) is -0.457. The Morgan fingerprint density at radius 3 is 2.31 bits per heavy atom. The number of hydrogen-bond acceptors (Lipinski definition) is 4. The van der Waals surface area contributed by atoms with Crippen LogP contribution < -0.4 is 5.32 Å². The summed E-state index contributed by atoms with van der Waals surface area (Å²) in [7, 11) is 0. The first-order valence-corrected chi connectivity index (χ1v) is 10.3. The van der Waals surface area contributed by atoms with Crippen molar-refractivity contribution in [2.75, 3.05) is 39.3 Å². The van der Waals surface area contributed by atoms with Crippen molar-refractivity contribution in [3.05, 3.63) is 42.0 Å². The normalized spacial score (nSPS) is 19.8. The van der Waals surface area contributed by atoms with Crippen LogP contribution in [-0.2, 0) is 9.59 Å². The van der Waals surface area contributed by atoms with Crippen LogP contribution in [0.25, 0.3) is 6.08 Å². The number of benzene rings is 1. The van der Waals surface area contributed by atoms with E-state index in [1.54, 1.807) is 4.90 Å². The lowest BCUT2D eigenvalue weighted by Gasteiger charge is -2.34. The third-order valence-corrected chi connectivity index (χ3v) is 5.94. The fourth-order valence-corrected chi connectivity index (χ4v) is 3.87. The summed E-state index contributed by atoms with van der Waals surface area (Å²) in [5.41, 5.74) is 0.311. The molecule has 3 rings (SSSR count). The molecule has 0 aromatic heterocycles. The van der Waals surface area contributed by atoms with Gasteiger partial charge in [0.2, 0.25) is 5.91 Å². The SMILES string of the molecule is CCC1(CC)NC(=O)N(CC(=O)N2CCN(C/C=C/c3ccccc3)CC2)C1=O. The van der Waals surface area contributed by atoms with Gasteiger partial charge in [0.05, 0.1) is 0 Å². The lowest BCUT2D eigenvalue weighted by Crippen LogP contribution is -2.52. The van der Waals surface area contributed by atoms with Crippen molar-refractivity contribution in [3.63, 3.8) is 0 Å². The Kier molecular flexibility index (Phi) is 6.69. The van der Waals surface area contributed by atoms with Gasteiger partial charge in [-0.05, 0) is 18.4 Å². The van der Waals surface area contributed by atoms with Crippen LogP contribution in [0.15, 0.2) is 36.4 Å².